The van der Waals surface area contributed by atoms with Crippen molar-refractivity contribution in [3.8, 4) is 17.1 Å². The van der Waals surface area contributed by atoms with Crippen molar-refractivity contribution in [2.24, 2.45) is 0 Å². The number of rotatable bonds is 9. The van der Waals surface area contributed by atoms with Crippen LogP contribution < -0.4 is 10.3 Å². The predicted molar refractivity (Wildman–Crippen MR) is 111 cm³/mol. The second-order valence-corrected chi connectivity index (χ2v) is 7.00. The number of unbranched alkanes of at least 4 members (excludes halogenated alkanes) is 5. The highest BCUT2D eigenvalue weighted by Gasteiger charge is 2.07. The van der Waals surface area contributed by atoms with Gasteiger partial charge in [0, 0.05) is 24.2 Å². The molecule has 0 unspecified atom stereocenters. The molecule has 3 rings (SSSR count). The lowest BCUT2D eigenvalue weighted by Crippen LogP contribution is -2.07. The second-order valence-electron chi connectivity index (χ2n) is 7.00. The number of aromatic nitrogens is 2. The summed E-state index contributed by atoms with van der Waals surface area (Å²) in [6, 6.07) is 12.7. The molecule has 0 saturated heterocycles. The third-order valence-electron chi connectivity index (χ3n) is 4.72. The zero-order valence-electron chi connectivity index (χ0n) is 16.2. The Morgan fingerprint density at radius 3 is 2.54 bits per heavy atom. The summed E-state index contributed by atoms with van der Waals surface area (Å²) in [6.07, 6.45) is 8.81. The summed E-state index contributed by atoms with van der Waals surface area (Å²) < 4.78 is 5.48. The normalized spacial score (nSPS) is 10.9. The summed E-state index contributed by atoms with van der Waals surface area (Å²) in [4.78, 5) is 30.4. The van der Waals surface area contributed by atoms with Gasteiger partial charge in [0.2, 0.25) is 0 Å². The highest BCUT2D eigenvalue weighted by molar-refractivity contribution is 5.88. The first-order valence-electron chi connectivity index (χ1n) is 9.96. The van der Waals surface area contributed by atoms with Crippen LogP contribution in [0.15, 0.2) is 53.5 Å². The number of nitrogens with zero attached hydrogens (tertiary/aromatic N) is 1. The minimum Gasteiger partial charge on any atom is -0.427 e. The van der Waals surface area contributed by atoms with E-state index >= 15 is 0 Å². The van der Waals surface area contributed by atoms with Gasteiger partial charge < -0.3 is 9.72 Å². The molecule has 0 bridgehead atoms. The Bertz CT molecular complexity index is 994. The maximum atomic E-state index is 12.0. The van der Waals surface area contributed by atoms with Gasteiger partial charge in [-0.3, -0.25) is 9.59 Å². The number of benzene rings is 2. The van der Waals surface area contributed by atoms with E-state index in [0.29, 0.717) is 18.0 Å². The van der Waals surface area contributed by atoms with E-state index in [9.17, 15) is 9.59 Å². The van der Waals surface area contributed by atoms with Crippen LogP contribution in [0, 0.1) is 0 Å². The molecule has 1 aromatic heterocycles. The van der Waals surface area contributed by atoms with Crippen molar-refractivity contribution in [1.29, 1.82) is 0 Å². The molecule has 0 aliphatic heterocycles. The number of fused-ring (bicyclic) bond motifs is 1. The van der Waals surface area contributed by atoms with E-state index in [1.807, 2.05) is 30.3 Å². The van der Waals surface area contributed by atoms with E-state index in [-0.39, 0.29) is 11.5 Å². The van der Waals surface area contributed by atoms with Gasteiger partial charge in [-0.1, -0.05) is 57.2 Å². The first kappa shape index (κ1) is 19.8. The molecule has 0 radical (unpaired) electrons. The Balaban J connectivity index is 1.60. The lowest BCUT2D eigenvalue weighted by Gasteiger charge is -2.07. The molecule has 5 nitrogen and oxygen atoms in total. The van der Waals surface area contributed by atoms with E-state index in [2.05, 4.69) is 16.9 Å². The Hall–Kier alpha value is -2.95. The fourth-order valence-corrected chi connectivity index (χ4v) is 3.18. The standard InChI is InChI=1S/C23H26N2O3/c1-2-3-4-5-6-7-8-22(27)28-20-12-11-17-15-19(10-9-18(17)16-20)23-24-14-13-21(26)25-23/h9-16H,2-8H2,1H3,(H,24,25,26). The minimum atomic E-state index is -0.183. The lowest BCUT2D eigenvalue weighted by atomic mass is 10.1. The topological polar surface area (TPSA) is 72.0 Å². The average molecular weight is 378 g/mol. The van der Waals surface area contributed by atoms with Crippen LogP contribution in [-0.4, -0.2) is 15.9 Å². The molecule has 1 N–H and O–H groups in total. The molecular formula is C23H26N2O3. The van der Waals surface area contributed by atoms with Crippen molar-refractivity contribution >= 4 is 16.7 Å². The van der Waals surface area contributed by atoms with Crippen molar-refractivity contribution in [3.05, 3.63) is 59.0 Å². The molecule has 2 aromatic carbocycles. The summed E-state index contributed by atoms with van der Waals surface area (Å²) >= 11 is 0. The fraction of sp³-hybridized carbons (Fsp3) is 0.348. The van der Waals surface area contributed by atoms with Crippen molar-refractivity contribution in [2.75, 3.05) is 0 Å². The molecule has 28 heavy (non-hydrogen) atoms. The van der Waals surface area contributed by atoms with E-state index in [1.54, 1.807) is 6.07 Å². The van der Waals surface area contributed by atoms with Crippen LogP contribution in [-0.2, 0) is 4.79 Å². The van der Waals surface area contributed by atoms with Gasteiger partial charge >= 0.3 is 5.97 Å². The first-order valence-corrected chi connectivity index (χ1v) is 9.96. The van der Waals surface area contributed by atoms with Gasteiger partial charge in [-0.25, -0.2) is 4.98 Å². The monoisotopic (exact) mass is 378 g/mol. The lowest BCUT2D eigenvalue weighted by molar-refractivity contribution is -0.134. The number of nitrogens with one attached hydrogen (secondary N) is 1. The molecule has 0 fully saturated rings. The average Bonchev–Trinajstić information content (AvgIpc) is 2.70. The van der Waals surface area contributed by atoms with Crippen LogP contribution in [0.5, 0.6) is 5.75 Å². The minimum absolute atomic E-state index is 0.183. The third-order valence-corrected chi connectivity index (χ3v) is 4.72. The molecular weight excluding hydrogens is 352 g/mol. The van der Waals surface area contributed by atoms with Gasteiger partial charge in [-0.2, -0.15) is 0 Å². The smallest absolute Gasteiger partial charge is 0.311 e. The predicted octanol–water partition coefficient (Wildman–Crippen LogP) is 5.25. The number of hydrogen-bond acceptors (Lipinski definition) is 4. The summed E-state index contributed by atoms with van der Waals surface area (Å²) in [7, 11) is 0. The number of esters is 1. The Morgan fingerprint density at radius 1 is 0.964 bits per heavy atom. The second kappa shape index (κ2) is 9.83. The summed E-state index contributed by atoms with van der Waals surface area (Å²) in [5, 5.41) is 1.95. The van der Waals surface area contributed by atoms with E-state index in [4.69, 9.17) is 4.74 Å². The first-order chi connectivity index (χ1) is 13.7. The number of hydrogen-bond donors (Lipinski definition) is 1. The third kappa shape index (κ3) is 5.52. The van der Waals surface area contributed by atoms with E-state index in [1.165, 1.54) is 37.9 Å². The Morgan fingerprint density at radius 2 is 1.71 bits per heavy atom. The van der Waals surface area contributed by atoms with Crippen molar-refractivity contribution < 1.29 is 9.53 Å². The van der Waals surface area contributed by atoms with Crippen LogP contribution in [0.2, 0.25) is 0 Å². The van der Waals surface area contributed by atoms with Crippen molar-refractivity contribution in [3.63, 3.8) is 0 Å². The quantitative estimate of drug-likeness (QED) is 0.314. The van der Waals surface area contributed by atoms with E-state index < -0.39 is 0 Å². The zero-order valence-corrected chi connectivity index (χ0v) is 16.2. The van der Waals surface area contributed by atoms with E-state index in [0.717, 1.165) is 29.2 Å². The number of carbonyl (C=O) groups is 1. The highest BCUT2D eigenvalue weighted by atomic mass is 16.5. The SMILES string of the molecule is CCCCCCCCC(=O)Oc1ccc2cc(-c3nccc(=O)[nH]3)ccc2c1. The Labute approximate surface area is 164 Å². The van der Waals surface area contributed by atoms with Crippen LogP contribution in [0.4, 0.5) is 0 Å². The summed E-state index contributed by atoms with van der Waals surface area (Å²) in [5.41, 5.74) is 0.649. The van der Waals surface area contributed by atoms with Crippen LogP contribution in [0.3, 0.4) is 0 Å². The molecule has 0 aliphatic carbocycles. The molecule has 1 heterocycles. The molecule has 0 amide bonds. The molecule has 0 saturated carbocycles. The zero-order chi connectivity index (χ0) is 19.8. The van der Waals surface area contributed by atoms with Crippen molar-refractivity contribution in [1.82, 2.24) is 9.97 Å². The fourth-order valence-electron chi connectivity index (χ4n) is 3.18. The van der Waals surface area contributed by atoms with Gasteiger partial charge in [0.25, 0.3) is 5.56 Å². The van der Waals surface area contributed by atoms with Gasteiger partial charge in [-0.05, 0) is 35.4 Å². The summed E-state index contributed by atoms with van der Waals surface area (Å²) in [5.74, 6) is 0.906. The highest BCUT2D eigenvalue weighted by Crippen LogP contribution is 2.25. The molecule has 3 aromatic rings. The van der Waals surface area contributed by atoms with Crippen LogP contribution in [0.1, 0.15) is 51.9 Å². The van der Waals surface area contributed by atoms with Crippen LogP contribution >= 0.6 is 0 Å². The van der Waals surface area contributed by atoms with Gasteiger partial charge in [0.05, 0.1) is 0 Å². The summed E-state index contributed by atoms with van der Waals surface area (Å²) in [6.45, 7) is 2.20. The molecule has 0 aliphatic rings. The largest absolute Gasteiger partial charge is 0.427 e. The molecule has 0 atom stereocenters. The Kier molecular flexibility index (Phi) is 6.95. The molecule has 146 valence electrons. The van der Waals surface area contributed by atoms with Crippen molar-refractivity contribution in [2.45, 2.75) is 51.9 Å². The maximum Gasteiger partial charge on any atom is 0.311 e. The molecule has 0 spiro atoms. The number of ether oxygens (including phenoxy) is 1. The maximum absolute atomic E-state index is 12.0. The van der Waals surface area contributed by atoms with Gasteiger partial charge in [0.15, 0.2) is 0 Å². The van der Waals surface area contributed by atoms with Gasteiger partial charge in [0.1, 0.15) is 11.6 Å². The van der Waals surface area contributed by atoms with Gasteiger partial charge in [-0.15, -0.1) is 0 Å². The number of aromatic amines is 1. The number of carbonyl (C=O) groups excluding carboxylic acids is 1. The number of H-pyrrole nitrogens is 1. The molecule has 5 heteroatoms. The van der Waals surface area contributed by atoms with Crippen LogP contribution in [0.25, 0.3) is 22.2 Å².